The summed E-state index contributed by atoms with van der Waals surface area (Å²) in [5.74, 6) is -0.172. The maximum atomic E-state index is 12.6. The highest BCUT2D eigenvalue weighted by Crippen LogP contribution is 2.23. The van der Waals surface area contributed by atoms with Gasteiger partial charge in [-0.2, -0.15) is 4.31 Å². The predicted molar refractivity (Wildman–Crippen MR) is 104 cm³/mol. The number of thioether (sulfide) groups is 1. The summed E-state index contributed by atoms with van der Waals surface area (Å²) >= 11 is 1.36. The molecule has 0 bridgehead atoms. The van der Waals surface area contributed by atoms with E-state index in [0.29, 0.717) is 32.0 Å². The molecule has 144 valence electrons. The zero-order valence-corrected chi connectivity index (χ0v) is 16.5. The van der Waals surface area contributed by atoms with Crippen LogP contribution in [0.5, 0.6) is 0 Å². The van der Waals surface area contributed by atoms with Crippen molar-refractivity contribution in [1.29, 1.82) is 0 Å². The molecule has 0 saturated carbocycles. The van der Waals surface area contributed by atoms with Crippen molar-refractivity contribution >= 4 is 33.4 Å². The molecule has 1 aliphatic heterocycles. The average molecular weight is 408 g/mol. The summed E-state index contributed by atoms with van der Waals surface area (Å²) in [5, 5.41) is 3.24. The first-order valence-corrected chi connectivity index (χ1v) is 10.9. The molecular formula is C18H21N3O4S2. The van der Waals surface area contributed by atoms with Gasteiger partial charge in [0.1, 0.15) is 0 Å². The van der Waals surface area contributed by atoms with E-state index in [2.05, 4.69) is 10.3 Å². The minimum Gasteiger partial charge on any atom is -0.379 e. The molecule has 3 rings (SSSR count). The highest BCUT2D eigenvalue weighted by atomic mass is 32.2. The van der Waals surface area contributed by atoms with E-state index in [1.165, 1.54) is 28.2 Å². The van der Waals surface area contributed by atoms with Crippen LogP contribution in [0.3, 0.4) is 0 Å². The molecule has 0 aliphatic carbocycles. The van der Waals surface area contributed by atoms with Crippen LogP contribution in [0.2, 0.25) is 0 Å². The van der Waals surface area contributed by atoms with Crippen LogP contribution in [-0.2, 0) is 19.6 Å². The lowest BCUT2D eigenvalue weighted by atomic mass is 10.3. The van der Waals surface area contributed by atoms with Crippen molar-refractivity contribution in [2.24, 2.45) is 0 Å². The van der Waals surface area contributed by atoms with Crippen molar-refractivity contribution in [2.75, 3.05) is 31.6 Å². The molecule has 1 fully saturated rings. The number of carbonyl (C=O) groups is 1. The summed E-state index contributed by atoms with van der Waals surface area (Å²) in [6, 6.07) is 11.8. The zero-order valence-electron chi connectivity index (χ0n) is 14.9. The van der Waals surface area contributed by atoms with Gasteiger partial charge in [-0.05, 0) is 43.3 Å². The van der Waals surface area contributed by atoms with Gasteiger partial charge in [0.15, 0.2) is 0 Å². The first-order valence-electron chi connectivity index (χ1n) is 8.53. The Morgan fingerprint density at radius 1 is 1.19 bits per heavy atom. The van der Waals surface area contributed by atoms with Gasteiger partial charge >= 0.3 is 0 Å². The Bertz CT molecular complexity index is 867. The van der Waals surface area contributed by atoms with Crippen molar-refractivity contribution in [1.82, 2.24) is 9.29 Å². The minimum absolute atomic E-state index is 0.172. The van der Waals surface area contributed by atoms with Crippen LogP contribution in [0.15, 0.2) is 58.6 Å². The Kier molecular flexibility index (Phi) is 6.48. The number of nitrogens with one attached hydrogen (secondary N) is 1. The second kappa shape index (κ2) is 8.83. The number of ether oxygens (including phenoxy) is 1. The number of aromatic nitrogens is 1. The maximum absolute atomic E-state index is 12.6. The molecule has 2 aromatic rings. The molecule has 7 nitrogen and oxygen atoms in total. The highest BCUT2D eigenvalue weighted by molar-refractivity contribution is 8.00. The topological polar surface area (TPSA) is 88.6 Å². The molecule has 9 heteroatoms. The van der Waals surface area contributed by atoms with Gasteiger partial charge in [-0.1, -0.05) is 17.8 Å². The predicted octanol–water partition coefficient (Wildman–Crippen LogP) is 2.22. The largest absolute Gasteiger partial charge is 0.379 e. The molecule has 1 atom stereocenters. The van der Waals surface area contributed by atoms with Crippen molar-refractivity contribution in [3.63, 3.8) is 0 Å². The van der Waals surface area contributed by atoms with Gasteiger partial charge in [-0.3, -0.25) is 4.79 Å². The quantitative estimate of drug-likeness (QED) is 0.739. The average Bonchev–Trinajstić information content (AvgIpc) is 2.70. The summed E-state index contributed by atoms with van der Waals surface area (Å²) in [6.45, 7) is 3.30. The lowest BCUT2D eigenvalue weighted by Gasteiger charge is -2.26. The Morgan fingerprint density at radius 3 is 2.52 bits per heavy atom. The van der Waals surface area contributed by atoms with Crippen molar-refractivity contribution in [3.8, 4) is 0 Å². The normalized spacial score (nSPS) is 16.6. The molecule has 27 heavy (non-hydrogen) atoms. The number of sulfonamides is 1. The van der Waals surface area contributed by atoms with Gasteiger partial charge in [0.25, 0.3) is 0 Å². The van der Waals surface area contributed by atoms with Gasteiger partial charge < -0.3 is 10.1 Å². The van der Waals surface area contributed by atoms with E-state index in [1.54, 1.807) is 25.3 Å². The first kappa shape index (κ1) is 19.8. The molecule has 2 heterocycles. The van der Waals surface area contributed by atoms with Gasteiger partial charge in [0.2, 0.25) is 15.9 Å². The lowest BCUT2D eigenvalue weighted by Crippen LogP contribution is -2.40. The molecule has 0 radical (unpaired) electrons. The molecule has 0 spiro atoms. The summed E-state index contributed by atoms with van der Waals surface area (Å²) in [6.07, 6.45) is 1.68. The SMILES string of the molecule is C[C@H](Sc1ccccn1)C(=O)Nc1ccc(S(=O)(=O)N2CCOCC2)cc1. The summed E-state index contributed by atoms with van der Waals surface area (Å²) in [4.78, 5) is 16.7. The fourth-order valence-electron chi connectivity index (χ4n) is 2.54. The van der Waals surface area contributed by atoms with E-state index in [1.807, 2.05) is 18.2 Å². The number of carbonyl (C=O) groups excluding carboxylic acids is 1. The van der Waals surface area contributed by atoms with Gasteiger partial charge in [0.05, 0.1) is 28.4 Å². The third-order valence-corrected chi connectivity index (χ3v) is 7.00. The third kappa shape index (κ3) is 5.07. The number of anilines is 1. The molecular weight excluding hydrogens is 386 g/mol. The maximum Gasteiger partial charge on any atom is 0.243 e. The van der Waals surface area contributed by atoms with E-state index < -0.39 is 10.0 Å². The molecule has 1 N–H and O–H groups in total. The number of morpholine rings is 1. The second-order valence-corrected chi connectivity index (χ2v) is 9.26. The van der Waals surface area contributed by atoms with E-state index in [9.17, 15) is 13.2 Å². The van der Waals surface area contributed by atoms with Crippen LogP contribution in [0.4, 0.5) is 5.69 Å². The zero-order chi connectivity index (χ0) is 19.3. The summed E-state index contributed by atoms with van der Waals surface area (Å²) in [7, 11) is -3.54. The van der Waals surface area contributed by atoms with Gasteiger partial charge in [-0.15, -0.1) is 0 Å². The molecule has 0 unspecified atom stereocenters. The summed E-state index contributed by atoms with van der Waals surface area (Å²) < 4.78 is 31.8. The Labute approximate surface area is 163 Å². The van der Waals surface area contributed by atoms with Gasteiger partial charge in [0, 0.05) is 25.0 Å². The number of amides is 1. The standard InChI is InChI=1S/C18H21N3O4S2/c1-14(26-17-4-2-3-9-19-17)18(22)20-15-5-7-16(8-6-15)27(23,24)21-10-12-25-13-11-21/h2-9,14H,10-13H2,1H3,(H,20,22)/t14-/m0/s1. The number of benzene rings is 1. The fraction of sp³-hybridized carbons (Fsp3) is 0.333. The van der Waals surface area contributed by atoms with Gasteiger partial charge in [-0.25, -0.2) is 13.4 Å². The Balaban J connectivity index is 1.62. The third-order valence-electron chi connectivity index (χ3n) is 4.03. The number of pyridine rings is 1. The number of hydrogen-bond donors (Lipinski definition) is 1. The van der Waals surface area contributed by atoms with E-state index in [-0.39, 0.29) is 16.1 Å². The molecule has 1 amide bonds. The van der Waals surface area contributed by atoms with E-state index in [0.717, 1.165) is 5.03 Å². The van der Waals surface area contributed by atoms with E-state index >= 15 is 0 Å². The fourth-order valence-corrected chi connectivity index (χ4v) is 4.76. The van der Waals surface area contributed by atoms with Crippen LogP contribution in [0.1, 0.15) is 6.92 Å². The Hall–Kier alpha value is -1.94. The smallest absolute Gasteiger partial charge is 0.243 e. The molecule has 1 aromatic heterocycles. The lowest BCUT2D eigenvalue weighted by molar-refractivity contribution is -0.115. The monoisotopic (exact) mass is 407 g/mol. The van der Waals surface area contributed by atoms with Crippen LogP contribution >= 0.6 is 11.8 Å². The molecule has 1 aromatic carbocycles. The molecule has 1 saturated heterocycles. The van der Waals surface area contributed by atoms with Crippen molar-refractivity contribution in [3.05, 3.63) is 48.7 Å². The van der Waals surface area contributed by atoms with Crippen molar-refractivity contribution in [2.45, 2.75) is 22.1 Å². The minimum atomic E-state index is -3.54. The van der Waals surface area contributed by atoms with E-state index in [4.69, 9.17) is 4.74 Å². The van der Waals surface area contributed by atoms with Crippen LogP contribution in [-0.4, -0.2) is 55.2 Å². The number of hydrogen-bond acceptors (Lipinski definition) is 6. The highest BCUT2D eigenvalue weighted by Gasteiger charge is 2.26. The van der Waals surface area contributed by atoms with Crippen LogP contribution < -0.4 is 5.32 Å². The van der Waals surface area contributed by atoms with Crippen LogP contribution in [0.25, 0.3) is 0 Å². The summed E-state index contributed by atoms with van der Waals surface area (Å²) in [5.41, 5.74) is 0.550. The number of rotatable bonds is 6. The number of nitrogens with zero attached hydrogens (tertiary/aromatic N) is 2. The van der Waals surface area contributed by atoms with Crippen LogP contribution in [0, 0.1) is 0 Å². The first-order chi connectivity index (χ1) is 13.0. The second-order valence-electron chi connectivity index (χ2n) is 5.96. The molecule has 1 aliphatic rings. The Morgan fingerprint density at radius 2 is 1.89 bits per heavy atom. The van der Waals surface area contributed by atoms with Crippen molar-refractivity contribution < 1.29 is 17.9 Å².